The van der Waals surface area contributed by atoms with E-state index in [4.69, 9.17) is 0 Å². The first-order chi connectivity index (χ1) is 15.2. The molecule has 2 heterocycles. The van der Waals surface area contributed by atoms with E-state index >= 15 is 0 Å². The second-order valence-electron chi connectivity index (χ2n) is 7.09. The lowest BCUT2D eigenvalue weighted by atomic mass is 10.1. The first-order valence-electron chi connectivity index (χ1n) is 9.48. The molecule has 2 aromatic heterocycles. The monoisotopic (exact) mass is 469 g/mol. The molecule has 0 fully saturated rings. The second kappa shape index (κ2) is 8.52. The molecule has 0 unspecified atom stereocenters. The lowest BCUT2D eigenvalue weighted by molar-refractivity contribution is -0.115. The zero-order chi connectivity index (χ0) is 22.9. The fourth-order valence-corrected chi connectivity index (χ4v) is 4.36. The van der Waals surface area contributed by atoms with Crippen molar-refractivity contribution < 1.29 is 13.2 Å². The van der Waals surface area contributed by atoms with Gasteiger partial charge in [-0.05, 0) is 18.2 Å². The Morgan fingerprint density at radius 2 is 1.81 bits per heavy atom. The van der Waals surface area contributed by atoms with Crippen molar-refractivity contribution in [3.05, 3.63) is 70.0 Å². The van der Waals surface area contributed by atoms with Crippen LogP contribution in [0.3, 0.4) is 0 Å². The highest BCUT2D eigenvalue weighted by molar-refractivity contribution is 7.92. The summed E-state index contributed by atoms with van der Waals surface area (Å²) in [7, 11) is -1.85. The van der Waals surface area contributed by atoms with Crippen molar-refractivity contribution in [2.24, 2.45) is 0 Å². The lowest BCUT2D eigenvalue weighted by Crippen LogP contribution is -2.24. The van der Waals surface area contributed by atoms with Gasteiger partial charge in [-0.3, -0.25) is 13.9 Å². The van der Waals surface area contributed by atoms with E-state index in [1.807, 2.05) is 0 Å². The summed E-state index contributed by atoms with van der Waals surface area (Å²) in [6, 6.07) is 13.9. The first kappa shape index (κ1) is 21.7. The largest absolute Gasteiger partial charge is 0.302 e. The standard InChI is InChI=1S/C21H19N5O4S2/c1-26(32(2,29)30)14-9-7-13(8-10-14)18-12-31-21(22-18)23-19(27)11-17-15-5-3-4-6-16(15)20(28)25-24-17/h3-10,12H,11H2,1-2H3,(H,25,28)(H,22,23,27). The number of hydrogen-bond acceptors (Lipinski definition) is 7. The van der Waals surface area contributed by atoms with Crippen LogP contribution in [0.4, 0.5) is 10.8 Å². The Morgan fingerprint density at radius 1 is 1.12 bits per heavy atom. The maximum Gasteiger partial charge on any atom is 0.272 e. The van der Waals surface area contributed by atoms with E-state index in [1.165, 1.54) is 22.7 Å². The van der Waals surface area contributed by atoms with Crippen molar-refractivity contribution in [1.29, 1.82) is 0 Å². The Balaban J connectivity index is 1.47. The molecule has 4 rings (SSSR count). The molecule has 0 aliphatic rings. The molecule has 9 nitrogen and oxygen atoms in total. The average molecular weight is 470 g/mol. The molecule has 0 bridgehead atoms. The third-order valence-corrected chi connectivity index (χ3v) is 6.84. The van der Waals surface area contributed by atoms with E-state index in [-0.39, 0.29) is 17.9 Å². The number of carbonyl (C=O) groups excluding carboxylic acids is 1. The summed E-state index contributed by atoms with van der Waals surface area (Å²) < 4.78 is 24.5. The third kappa shape index (κ3) is 4.53. The number of H-pyrrole nitrogens is 1. The normalized spacial score (nSPS) is 11.4. The number of fused-ring (bicyclic) bond motifs is 1. The number of aromatic amines is 1. The molecule has 164 valence electrons. The number of hydrogen-bond donors (Lipinski definition) is 2. The van der Waals surface area contributed by atoms with Gasteiger partial charge in [-0.1, -0.05) is 30.3 Å². The highest BCUT2D eigenvalue weighted by Crippen LogP contribution is 2.27. The van der Waals surface area contributed by atoms with Gasteiger partial charge in [0.2, 0.25) is 15.9 Å². The van der Waals surface area contributed by atoms with Gasteiger partial charge in [0, 0.05) is 23.4 Å². The number of nitrogens with zero attached hydrogens (tertiary/aromatic N) is 3. The Labute approximate surface area is 187 Å². The number of amides is 1. The van der Waals surface area contributed by atoms with Crippen LogP contribution in [-0.2, 0) is 21.2 Å². The first-order valence-corrected chi connectivity index (χ1v) is 12.2. The van der Waals surface area contributed by atoms with Crippen LogP contribution in [0.1, 0.15) is 5.69 Å². The lowest BCUT2D eigenvalue weighted by Gasteiger charge is -2.16. The molecule has 0 saturated heterocycles. The van der Waals surface area contributed by atoms with Crippen LogP contribution in [0.15, 0.2) is 58.7 Å². The number of benzene rings is 2. The van der Waals surface area contributed by atoms with E-state index in [1.54, 1.807) is 53.9 Å². The van der Waals surface area contributed by atoms with Crippen LogP contribution in [0, 0.1) is 0 Å². The van der Waals surface area contributed by atoms with Gasteiger partial charge in [0.05, 0.1) is 35.1 Å². The third-order valence-electron chi connectivity index (χ3n) is 4.88. The van der Waals surface area contributed by atoms with E-state index < -0.39 is 10.0 Å². The zero-order valence-corrected chi connectivity index (χ0v) is 18.8. The molecular weight excluding hydrogens is 450 g/mol. The van der Waals surface area contributed by atoms with Crippen molar-refractivity contribution in [2.75, 3.05) is 22.9 Å². The predicted molar refractivity (Wildman–Crippen MR) is 125 cm³/mol. The Hall–Kier alpha value is -3.57. The molecule has 0 atom stereocenters. The van der Waals surface area contributed by atoms with E-state index in [2.05, 4.69) is 20.5 Å². The van der Waals surface area contributed by atoms with Gasteiger partial charge >= 0.3 is 0 Å². The van der Waals surface area contributed by atoms with Gasteiger partial charge in [-0.25, -0.2) is 18.5 Å². The van der Waals surface area contributed by atoms with Gasteiger partial charge in [0.15, 0.2) is 5.13 Å². The molecule has 0 aliphatic heterocycles. The molecule has 2 aromatic carbocycles. The SMILES string of the molecule is CN(c1ccc(-c2csc(NC(=O)Cc3n[nH]c(=O)c4ccccc34)n2)cc1)S(C)(=O)=O. The van der Waals surface area contributed by atoms with Gasteiger partial charge < -0.3 is 5.32 Å². The highest BCUT2D eigenvalue weighted by atomic mass is 32.2. The molecule has 4 aromatic rings. The molecule has 0 radical (unpaired) electrons. The maximum atomic E-state index is 12.5. The molecule has 11 heteroatoms. The summed E-state index contributed by atoms with van der Waals surface area (Å²) >= 11 is 1.28. The summed E-state index contributed by atoms with van der Waals surface area (Å²) in [5, 5.41) is 12.5. The Kier molecular flexibility index (Phi) is 5.76. The minimum absolute atomic E-state index is 0.0151. The van der Waals surface area contributed by atoms with Crippen LogP contribution < -0.4 is 15.2 Å². The quantitative estimate of drug-likeness (QED) is 0.447. The molecule has 0 saturated carbocycles. The smallest absolute Gasteiger partial charge is 0.272 e. The van der Waals surface area contributed by atoms with Crippen LogP contribution >= 0.6 is 11.3 Å². The van der Waals surface area contributed by atoms with Crippen molar-refractivity contribution in [1.82, 2.24) is 15.2 Å². The van der Waals surface area contributed by atoms with Crippen molar-refractivity contribution >= 4 is 48.9 Å². The minimum Gasteiger partial charge on any atom is -0.302 e. The van der Waals surface area contributed by atoms with Crippen LogP contribution in [0.5, 0.6) is 0 Å². The molecule has 0 spiro atoms. The summed E-state index contributed by atoms with van der Waals surface area (Å²) in [5.41, 5.74) is 2.16. The summed E-state index contributed by atoms with van der Waals surface area (Å²) in [5.74, 6) is -0.305. The van der Waals surface area contributed by atoms with Gasteiger partial charge in [0.1, 0.15) is 0 Å². The Morgan fingerprint density at radius 3 is 2.50 bits per heavy atom. The number of anilines is 2. The van der Waals surface area contributed by atoms with Crippen molar-refractivity contribution in [2.45, 2.75) is 6.42 Å². The molecular formula is C21H19N5O4S2. The predicted octanol–water partition coefficient (Wildman–Crippen LogP) is 2.62. The maximum absolute atomic E-state index is 12.5. The number of nitrogens with one attached hydrogen (secondary N) is 2. The number of aromatic nitrogens is 3. The van der Waals surface area contributed by atoms with Crippen molar-refractivity contribution in [3.63, 3.8) is 0 Å². The molecule has 1 amide bonds. The summed E-state index contributed by atoms with van der Waals surface area (Å²) in [6.07, 6.45) is 1.13. The Bertz CT molecular complexity index is 1460. The summed E-state index contributed by atoms with van der Waals surface area (Å²) in [6.45, 7) is 0. The topological polar surface area (TPSA) is 125 Å². The second-order valence-corrected chi connectivity index (χ2v) is 9.96. The number of carbonyl (C=O) groups is 1. The number of sulfonamides is 1. The van der Waals surface area contributed by atoms with Gasteiger partial charge in [-0.2, -0.15) is 5.10 Å². The average Bonchev–Trinajstić information content (AvgIpc) is 3.23. The van der Waals surface area contributed by atoms with E-state index in [9.17, 15) is 18.0 Å². The van der Waals surface area contributed by atoms with Crippen LogP contribution in [0.25, 0.3) is 22.0 Å². The van der Waals surface area contributed by atoms with Crippen LogP contribution in [-0.4, -0.2) is 42.8 Å². The number of rotatable bonds is 6. The number of thiazole rings is 1. The van der Waals surface area contributed by atoms with E-state index in [0.29, 0.717) is 33.0 Å². The van der Waals surface area contributed by atoms with Gasteiger partial charge in [0.25, 0.3) is 5.56 Å². The van der Waals surface area contributed by atoms with E-state index in [0.717, 1.165) is 11.8 Å². The molecule has 0 aliphatic carbocycles. The fourth-order valence-electron chi connectivity index (χ4n) is 3.12. The molecule has 32 heavy (non-hydrogen) atoms. The molecule has 2 N–H and O–H groups in total. The minimum atomic E-state index is -3.34. The van der Waals surface area contributed by atoms with Crippen molar-refractivity contribution in [3.8, 4) is 11.3 Å². The summed E-state index contributed by atoms with van der Waals surface area (Å²) in [4.78, 5) is 28.9. The fraction of sp³-hybridized carbons (Fsp3) is 0.143. The van der Waals surface area contributed by atoms with Crippen LogP contribution in [0.2, 0.25) is 0 Å². The zero-order valence-electron chi connectivity index (χ0n) is 17.2. The van der Waals surface area contributed by atoms with Gasteiger partial charge in [-0.15, -0.1) is 11.3 Å². The highest BCUT2D eigenvalue weighted by Gasteiger charge is 2.14.